The number of halogens is 2. The zero-order chi connectivity index (χ0) is 13.2. The van der Waals surface area contributed by atoms with E-state index in [1.54, 1.807) is 0 Å². The van der Waals surface area contributed by atoms with Crippen molar-refractivity contribution >= 4 is 10.0 Å². The Bertz CT molecular complexity index is 580. The number of nitrogens with zero attached hydrogens (tertiary/aromatic N) is 2. The van der Waals surface area contributed by atoms with Gasteiger partial charge in [0.25, 0.3) is 16.4 Å². The molecule has 0 aromatic carbocycles. The number of hydrogen-bond acceptors (Lipinski definition) is 5. The second kappa shape index (κ2) is 4.60. The van der Waals surface area contributed by atoms with E-state index >= 15 is 0 Å². The summed E-state index contributed by atoms with van der Waals surface area (Å²) < 4.78 is 51.9. The summed E-state index contributed by atoms with van der Waals surface area (Å²) in [7, 11) is -3.20. The van der Waals surface area contributed by atoms with Crippen molar-refractivity contribution in [3.05, 3.63) is 17.3 Å². The van der Waals surface area contributed by atoms with Crippen molar-refractivity contribution < 1.29 is 21.9 Å². The summed E-state index contributed by atoms with van der Waals surface area (Å²) in [5.74, 6) is -0.353. The lowest BCUT2D eigenvalue weighted by molar-refractivity contribution is 0.144. The van der Waals surface area contributed by atoms with Gasteiger partial charge in [-0.3, -0.25) is 0 Å². The van der Waals surface area contributed by atoms with Crippen LogP contribution in [0.25, 0.3) is 0 Å². The molecule has 1 aromatic heterocycles. The first-order chi connectivity index (χ1) is 7.81. The van der Waals surface area contributed by atoms with Gasteiger partial charge in [-0.25, -0.2) is 27.3 Å². The van der Waals surface area contributed by atoms with Crippen molar-refractivity contribution in [3.63, 3.8) is 0 Å². The van der Waals surface area contributed by atoms with Crippen LogP contribution in [0.1, 0.15) is 17.7 Å². The van der Waals surface area contributed by atoms with Gasteiger partial charge in [-0.2, -0.15) is 5.26 Å². The van der Waals surface area contributed by atoms with Gasteiger partial charge in [0.2, 0.25) is 5.03 Å². The third-order valence-electron chi connectivity index (χ3n) is 1.80. The van der Waals surface area contributed by atoms with Crippen LogP contribution in [0.3, 0.4) is 0 Å². The fourth-order valence-corrected chi connectivity index (χ4v) is 1.75. The first-order valence-corrected chi connectivity index (χ1v) is 5.66. The van der Waals surface area contributed by atoms with Gasteiger partial charge in [0, 0.05) is 6.07 Å². The van der Waals surface area contributed by atoms with E-state index in [4.69, 9.17) is 10.4 Å². The maximum atomic E-state index is 12.5. The molecule has 0 aliphatic carbocycles. The minimum absolute atomic E-state index is 0.353. The van der Waals surface area contributed by atoms with Crippen LogP contribution in [-0.2, 0) is 10.0 Å². The molecule has 17 heavy (non-hydrogen) atoms. The molecule has 0 fully saturated rings. The summed E-state index contributed by atoms with van der Waals surface area (Å²) in [6.07, 6.45) is -3.09. The highest BCUT2D eigenvalue weighted by Gasteiger charge is 2.24. The van der Waals surface area contributed by atoms with E-state index in [0.29, 0.717) is 0 Å². The third kappa shape index (κ3) is 2.66. The maximum absolute atomic E-state index is 12.5. The molecule has 1 rings (SSSR count). The number of nitriles is 1. The summed E-state index contributed by atoms with van der Waals surface area (Å²) in [6, 6.07) is 2.33. The highest BCUT2D eigenvalue weighted by Crippen LogP contribution is 2.28. The lowest BCUT2D eigenvalue weighted by atomic mass is 10.2. The lowest BCUT2D eigenvalue weighted by Crippen LogP contribution is -2.17. The summed E-state index contributed by atoms with van der Waals surface area (Å²) in [4.78, 5) is 3.17. The Kier molecular flexibility index (Phi) is 3.59. The normalized spacial score (nSPS) is 11.3. The second-order valence-electron chi connectivity index (χ2n) is 2.89. The van der Waals surface area contributed by atoms with Crippen LogP contribution in [0.2, 0.25) is 0 Å². The Balaban J connectivity index is 3.64. The van der Waals surface area contributed by atoms with Crippen molar-refractivity contribution in [1.29, 1.82) is 5.26 Å². The van der Waals surface area contributed by atoms with Gasteiger partial charge in [-0.05, 0) is 0 Å². The predicted octanol–water partition coefficient (Wildman–Crippen LogP) is 0.547. The van der Waals surface area contributed by atoms with E-state index in [-0.39, 0.29) is 5.75 Å². The van der Waals surface area contributed by atoms with Gasteiger partial charge < -0.3 is 4.74 Å². The first kappa shape index (κ1) is 13.3. The molecule has 1 heterocycles. The van der Waals surface area contributed by atoms with Crippen molar-refractivity contribution in [3.8, 4) is 11.8 Å². The fraction of sp³-hybridized carbons (Fsp3) is 0.250. The number of aromatic nitrogens is 1. The van der Waals surface area contributed by atoms with Crippen LogP contribution in [0.4, 0.5) is 8.78 Å². The summed E-state index contributed by atoms with van der Waals surface area (Å²) in [5.41, 5.74) is -1.42. The Hall–Kier alpha value is -1.79. The third-order valence-corrected chi connectivity index (χ3v) is 2.63. The van der Waals surface area contributed by atoms with E-state index in [1.807, 2.05) is 0 Å². The van der Waals surface area contributed by atoms with Gasteiger partial charge in [0.15, 0.2) is 5.75 Å². The number of pyridine rings is 1. The molecule has 2 N–H and O–H groups in total. The zero-order valence-corrected chi connectivity index (χ0v) is 9.33. The number of sulfonamides is 1. The molecule has 0 spiro atoms. The van der Waals surface area contributed by atoms with E-state index in [9.17, 15) is 17.2 Å². The largest absolute Gasteiger partial charge is 0.494 e. The number of rotatable bonds is 3. The minimum atomic E-state index is -4.31. The fourth-order valence-electron chi connectivity index (χ4n) is 1.10. The highest BCUT2D eigenvalue weighted by atomic mass is 32.2. The Labute approximate surface area is 95.7 Å². The average molecular weight is 263 g/mol. The van der Waals surface area contributed by atoms with Crippen molar-refractivity contribution in [2.45, 2.75) is 11.5 Å². The minimum Gasteiger partial charge on any atom is -0.494 e. The maximum Gasteiger partial charge on any atom is 0.281 e. The number of methoxy groups -OCH3 is 1. The van der Waals surface area contributed by atoms with Crippen LogP contribution in [0.15, 0.2) is 11.1 Å². The predicted molar refractivity (Wildman–Crippen MR) is 51.8 cm³/mol. The number of alkyl halides is 2. The van der Waals surface area contributed by atoms with Gasteiger partial charge >= 0.3 is 0 Å². The summed E-state index contributed by atoms with van der Waals surface area (Å²) >= 11 is 0. The van der Waals surface area contributed by atoms with Crippen LogP contribution >= 0.6 is 0 Å². The second-order valence-corrected chi connectivity index (χ2v) is 4.36. The molecule has 0 atom stereocenters. The number of nitrogens with two attached hydrogens (primary N) is 1. The molecule has 0 amide bonds. The molecule has 92 valence electrons. The Morgan fingerprint density at radius 1 is 1.59 bits per heavy atom. The molecule has 1 aromatic rings. The molecule has 0 saturated heterocycles. The van der Waals surface area contributed by atoms with Crippen molar-refractivity contribution in [2.24, 2.45) is 5.14 Å². The van der Waals surface area contributed by atoms with Crippen LogP contribution in [0.5, 0.6) is 5.75 Å². The topological polar surface area (TPSA) is 106 Å². The van der Waals surface area contributed by atoms with Gasteiger partial charge in [0.1, 0.15) is 11.8 Å². The molecule has 0 bridgehead atoms. The van der Waals surface area contributed by atoms with Crippen LogP contribution in [0, 0.1) is 11.3 Å². The molecule has 0 unspecified atom stereocenters. The Morgan fingerprint density at radius 2 is 2.18 bits per heavy atom. The number of hydrogen-bond donors (Lipinski definition) is 1. The lowest BCUT2D eigenvalue weighted by Gasteiger charge is -2.09. The van der Waals surface area contributed by atoms with Crippen LogP contribution < -0.4 is 9.88 Å². The van der Waals surface area contributed by atoms with E-state index < -0.39 is 32.7 Å². The van der Waals surface area contributed by atoms with Gasteiger partial charge in [-0.1, -0.05) is 0 Å². The molecule has 6 nitrogen and oxygen atoms in total. The SMILES string of the molecule is COc1cc(C#N)c(C(F)F)nc1S(N)(=O)=O. The van der Waals surface area contributed by atoms with Gasteiger partial charge in [0.05, 0.1) is 12.7 Å². The summed E-state index contributed by atoms with van der Waals surface area (Å²) in [6.45, 7) is 0. The van der Waals surface area contributed by atoms with Crippen LogP contribution in [-0.4, -0.2) is 20.5 Å². The standard InChI is InChI=1S/C8H7F2N3O3S/c1-16-5-2-4(3-11)6(7(9)10)13-8(5)17(12,14)15/h2,7H,1H3,(H2,12,14,15). The van der Waals surface area contributed by atoms with E-state index in [1.165, 1.54) is 6.07 Å². The monoisotopic (exact) mass is 263 g/mol. The molecule has 0 aliphatic heterocycles. The summed E-state index contributed by atoms with van der Waals surface area (Å²) in [5, 5.41) is 12.6. The molecule has 0 radical (unpaired) electrons. The molecule has 9 heteroatoms. The van der Waals surface area contributed by atoms with E-state index in [2.05, 4.69) is 9.72 Å². The molecular weight excluding hydrogens is 256 g/mol. The van der Waals surface area contributed by atoms with E-state index in [0.717, 1.165) is 13.2 Å². The molecule has 0 aliphatic rings. The quantitative estimate of drug-likeness (QED) is 0.856. The van der Waals surface area contributed by atoms with Crippen molar-refractivity contribution in [2.75, 3.05) is 7.11 Å². The smallest absolute Gasteiger partial charge is 0.281 e. The molecule has 0 saturated carbocycles. The number of ether oxygens (including phenoxy) is 1. The number of primary sulfonamides is 1. The molecular formula is C8H7F2N3O3S. The highest BCUT2D eigenvalue weighted by molar-refractivity contribution is 7.89. The van der Waals surface area contributed by atoms with Gasteiger partial charge in [-0.15, -0.1) is 0 Å². The average Bonchev–Trinajstić information content (AvgIpc) is 2.25. The van der Waals surface area contributed by atoms with Crippen molar-refractivity contribution in [1.82, 2.24) is 4.98 Å². The Morgan fingerprint density at radius 3 is 2.53 bits per heavy atom. The first-order valence-electron chi connectivity index (χ1n) is 4.11. The zero-order valence-electron chi connectivity index (χ0n) is 8.52.